The molecule has 2 aromatic rings. The van der Waals surface area contributed by atoms with Crippen molar-refractivity contribution in [3.63, 3.8) is 0 Å². The maximum Gasteiger partial charge on any atom is 0.139 e. The van der Waals surface area contributed by atoms with Crippen molar-refractivity contribution in [3.05, 3.63) is 49.6 Å². The zero-order valence-corrected chi connectivity index (χ0v) is 14.0. The zero-order valence-electron chi connectivity index (χ0n) is 11.7. The molecule has 0 bridgehead atoms. The van der Waals surface area contributed by atoms with E-state index in [-0.39, 0.29) is 6.04 Å². The summed E-state index contributed by atoms with van der Waals surface area (Å²) < 4.78 is 5.47. The molecule has 0 aliphatic carbocycles. The van der Waals surface area contributed by atoms with Gasteiger partial charge < -0.3 is 10.1 Å². The van der Waals surface area contributed by atoms with E-state index < -0.39 is 0 Å². The second-order valence-corrected chi connectivity index (χ2v) is 6.19. The minimum absolute atomic E-state index is 0.0377. The van der Waals surface area contributed by atoms with Crippen molar-refractivity contribution in [1.82, 2.24) is 5.32 Å². The summed E-state index contributed by atoms with van der Waals surface area (Å²) in [6.45, 7) is 4.58. The van der Waals surface area contributed by atoms with Crippen LogP contribution in [-0.4, -0.2) is 13.7 Å². The second kappa shape index (κ2) is 6.81. The van der Waals surface area contributed by atoms with Crippen molar-refractivity contribution in [2.75, 3.05) is 13.7 Å². The quantitative estimate of drug-likeness (QED) is 0.826. The Bertz CT molecular complexity index is 598. The fraction of sp³-hybridized carbons (Fsp3) is 0.333. The highest BCUT2D eigenvalue weighted by Crippen LogP contribution is 2.38. The van der Waals surface area contributed by atoms with Crippen LogP contribution in [0.15, 0.2) is 23.6 Å². The molecule has 0 spiro atoms. The molecule has 1 heterocycles. The van der Waals surface area contributed by atoms with Crippen molar-refractivity contribution < 1.29 is 4.74 Å². The van der Waals surface area contributed by atoms with Crippen molar-refractivity contribution in [1.29, 1.82) is 0 Å². The average Bonchev–Trinajstić information content (AvgIpc) is 2.83. The van der Waals surface area contributed by atoms with Gasteiger partial charge in [-0.15, -0.1) is 11.3 Å². The van der Waals surface area contributed by atoms with E-state index in [1.54, 1.807) is 17.4 Å². The van der Waals surface area contributed by atoms with Crippen molar-refractivity contribution >= 4 is 34.5 Å². The van der Waals surface area contributed by atoms with Crippen LogP contribution in [0.25, 0.3) is 0 Å². The molecular weight excluding hydrogens is 313 g/mol. The normalized spacial score (nSPS) is 12.4. The Morgan fingerprint density at radius 2 is 2.05 bits per heavy atom. The number of nitrogens with one attached hydrogen (secondary N) is 1. The first-order valence-electron chi connectivity index (χ1n) is 6.41. The molecule has 5 heteroatoms. The molecule has 108 valence electrons. The SMILES string of the molecule is CCOc1cc(Cl)c(C(NC)c2sccc2C)cc1Cl. The molecule has 1 N–H and O–H groups in total. The number of halogens is 2. The second-order valence-electron chi connectivity index (χ2n) is 4.43. The minimum atomic E-state index is 0.0377. The predicted molar refractivity (Wildman–Crippen MR) is 87.6 cm³/mol. The molecule has 0 saturated carbocycles. The van der Waals surface area contributed by atoms with E-state index in [0.717, 1.165) is 5.56 Å². The van der Waals surface area contributed by atoms with E-state index in [2.05, 4.69) is 23.7 Å². The van der Waals surface area contributed by atoms with Gasteiger partial charge in [0.05, 0.1) is 17.7 Å². The van der Waals surface area contributed by atoms with Crippen LogP contribution in [-0.2, 0) is 0 Å². The van der Waals surface area contributed by atoms with E-state index in [9.17, 15) is 0 Å². The Morgan fingerprint density at radius 3 is 2.60 bits per heavy atom. The van der Waals surface area contributed by atoms with Crippen LogP contribution in [0.5, 0.6) is 5.75 Å². The highest BCUT2D eigenvalue weighted by Gasteiger charge is 2.20. The third-order valence-corrected chi connectivity index (χ3v) is 4.82. The summed E-state index contributed by atoms with van der Waals surface area (Å²) >= 11 is 14.4. The van der Waals surface area contributed by atoms with Crippen LogP contribution in [0.3, 0.4) is 0 Å². The minimum Gasteiger partial charge on any atom is -0.492 e. The third kappa shape index (κ3) is 3.12. The first-order chi connectivity index (χ1) is 9.58. The van der Waals surface area contributed by atoms with Gasteiger partial charge in [-0.05, 0) is 49.5 Å². The van der Waals surface area contributed by atoms with E-state index in [1.165, 1.54) is 10.4 Å². The van der Waals surface area contributed by atoms with Crippen LogP contribution >= 0.6 is 34.5 Å². The lowest BCUT2D eigenvalue weighted by Crippen LogP contribution is -2.17. The summed E-state index contributed by atoms with van der Waals surface area (Å²) in [5.74, 6) is 0.626. The number of rotatable bonds is 5. The number of aryl methyl sites for hydroxylation is 1. The Balaban J connectivity index is 2.45. The van der Waals surface area contributed by atoms with Crippen LogP contribution in [0.2, 0.25) is 10.0 Å². The van der Waals surface area contributed by atoms with Crippen LogP contribution < -0.4 is 10.1 Å². The van der Waals surface area contributed by atoms with E-state index in [4.69, 9.17) is 27.9 Å². The molecule has 0 saturated heterocycles. The van der Waals surface area contributed by atoms with Crippen LogP contribution in [0.4, 0.5) is 0 Å². The molecule has 1 atom stereocenters. The van der Waals surface area contributed by atoms with Crippen molar-refractivity contribution in [2.45, 2.75) is 19.9 Å². The fourth-order valence-corrected chi connectivity index (χ4v) is 3.68. The molecule has 2 nitrogen and oxygen atoms in total. The van der Waals surface area contributed by atoms with E-state index in [1.807, 2.05) is 20.0 Å². The van der Waals surface area contributed by atoms with Crippen LogP contribution in [0.1, 0.15) is 29.0 Å². The summed E-state index contributed by atoms with van der Waals surface area (Å²) in [6, 6.07) is 5.82. The zero-order chi connectivity index (χ0) is 14.7. The number of hydrogen-bond acceptors (Lipinski definition) is 3. The lowest BCUT2D eigenvalue weighted by Gasteiger charge is -2.19. The first-order valence-corrected chi connectivity index (χ1v) is 8.05. The van der Waals surface area contributed by atoms with Crippen molar-refractivity contribution in [2.24, 2.45) is 0 Å². The fourth-order valence-electron chi connectivity index (χ4n) is 2.14. The Morgan fingerprint density at radius 1 is 1.30 bits per heavy atom. The van der Waals surface area contributed by atoms with Gasteiger partial charge in [-0.1, -0.05) is 23.2 Å². The maximum atomic E-state index is 6.41. The van der Waals surface area contributed by atoms with E-state index >= 15 is 0 Å². The first kappa shape index (κ1) is 15.6. The molecule has 1 unspecified atom stereocenters. The molecule has 0 amide bonds. The van der Waals surface area contributed by atoms with Gasteiger partial charge in [-0.25, -0.2) is 0 Å². The van der Waals surface area contributed by atoms with Gasteiger partial charge in [-0.3, -0.25) is 0 Å². The summed E-state index contributed by atoms with van der Waals surface area (Å²) in [5.41, 5.74) is 2.21. The topological polar surface area (TPSA) is 21.3 Å². The molecule has 1 aromatic carbocycles. The summed E-state index contributed by atoms with van der Waals surface area (Å²) in [5, 5.41) is 6.63. The van der Waals surface area contributed by atoms with Gasteiger partial charge in [0.25, 0.3) is 0 Å². The van der Waals surface area contributed by atoms with Crippen LogP contribution in [0, 0.1) is 6.92 Å². The summed E-state index contributed by atoms with van der Waals surface area (Å²) in [6.07, 6.45) is 0. The highest BCUT2D eigenvalue weighted by atomic mass is 35.5. The highest BCUT2D eigenvalue weighted by molar-refractivity contribution is 7.10. The largest absolute Gasteiger partial charge is 0.492 e. The Hall–Kier alpha value is -0.740. The number of ether oxygens (including phenoxy) is 1. The average molecular weight is 330 g/mol. The lowest BCUT2D eigenvalue weighted by atomic mass is 10.0. The van der Waals surface area contributed by atoms with Gasteiger partial charge in [0.2, 0.25) is 0 Å². The van der Waals surface area contributed by atoms with Gasteiger partial charge in [-0.2, -0.15) is 0 Å². The standard InChI is InChI=1S/C15H17Cl2NOS/c1-4-19-13-8-11(16)10(7-12(13)17)14(18-3)15-9(2)5-6-20-15/h5-8,14,18H,4H2,1-3H3. The summed E-state index contributed by atoms with van der Waals surface area (Å²) in [7, 11) is 1.92. The number of thiophene rings is 1. The van der Waals surface area contributed by atoms with Gasteiger partial charge >= 0.3 is 0 Å². The number of hydrogen-bond donors (Lipinski definition) is 1. The Kier molecular flexibility index (Phi) is 5.33. The molecule has 0 fully saturated rings. The third-order valence-electron chi connectivity index (χ3n) is 3.11. The summed E-state index contributed by atoms with van der Waals surface area (Å²) in [4.78, 5) is 1.25. The molecular formula is C15H17Cl2NOS. The monoisotopic (exact) mass is 329 g/mol. The van der Waals surface area contributed by atoms with Gasteiger partial charge in [0.1, 0.15) is 5.75 Å². The van der Waals surface area contributed by atoms with Crippen molar-refractivity contribution in [3.8, 4) is 5.75 Å². The molecule has 0 aliphatic rings. The predicted octanol–water partition coefficient (Wildman–Crippen LogP) is 5.07. The molecule has 0 radical (unpaired) electrons. The molecule has 20 heavy (non-hydrogen) atoms. The Labute approximate surface area is 133 Å². The maximum absolute atomic E-state index is 6.41. The van der Waals surface area contributed by atoms with Gasteiger partial charge in [0.15, 0.2) is 0 Å². The van der Waals surface area contributed by atoms with Gasteiger partial charge in [0, 0.05) is 16.0 Å². The lowest BCUT2D eigenvalue weighted by molar-refractivity contribution is 0.340. The number of benzene rings is 1. The molecule has 1 aromatic heterocycles. The van der Waals surface area contributed by atoms with E-state index in [0.29, 0.717) is 22.4 Å². The smallest absolute Gasteiger partial charge is 0.139 e. The molecule has 0 aliphatic heterocycles. The molecule has 2 rings (SSSR count).